The normalized spacial score (nSPS) is 30.3. The Labute approximate surface area is 147 Å². The highest BCUT2D eigenvalue weighted by Gasteiger charge is 2.44. The summed E-state index contributed by atoms with van der Waals surface area (Å²) in [4.78, 5) is 13.2. The number of nitrogens with zero attached hydrogens (tertiary/aromatic N) is 1. The molecule has 2 heterocycles. The molecule has 1 aliphatic heterocycles. The van der Waals surface area contributed by atoms with Crippen LogP contribution in [0.25, 0.3) is 0 Å². The summed E-state index contributed by atoms with van der Waals surface area (Å²) in [5, 5.41) is 24.9. The number of hydrogen-bond donors (Lipinski definition) is 3. The lowest BCUT2D eigenvalue weighted by atomic mass is 9.77. The predicted molar refractivity (Wildman–Crippen MR) is 90.9 cm³/mol. The van der Waals surface area contributed by atoms with Gasteiger partial charge in [0.05, 0.1) is 15.4 Å². The Morgan fingerprint density at radius 3 is 2.83 bits per heavy atom. The fraction of sp³-hybridized carbons (Fsp3) is 0.667. The smallest absolute Gasteiger partial charge is 0.306 e. The number of ether oxygens (including phenoxy) is 1. The van der Waals surface area contributed by atoms with Crippen LogP contribution in [0, 0.1) is 12.8 Å². The molecule has 3 rings (SSSR count). The van der Waals surface area contributed by atoms with Crippen LogP contribution < -0.4 is 5.32 Å². The van der Waals surface area contributed by atoms with Crippen molar-refractivity contribution in [3.05, 3.63) is 14.9 Å². The summed E-state index contributed by atoms with van der Waals surface area (Å²) in [5.41, 5.74) is 1.81. The largest absolute Gasteiger partial charge is 0.466 e. The van der Waals surface area contributed by atoms with Gasteiger partial charge < -0.3 is 20.3 Å². The minimum atomic E-state index is -0.920. The van der Waals surface area contributed by atoms with E-state index < -0.39 is 12.6 Å². The molecule has 0 saturated heterocycles. The first-order valence-electron chi connectivity index (χ1n) is 7.76. The molecule has 3 N–H and O–H groups in total. The van der Waals surface area contributed by atoms with E-state index in [4.69, 9.17) is 4.74 Å². The minimum Gasteiger partial charge on any atom is -0.466 e. The van der Waals surface area contributed by atoms with E-state index in [2.05, 4.69) is 21.2 Å². The highest BCUT2D eigenvalue weighted by molar-refractivity contribution is 9.11. The summed E-state index contributed by atoms with van der Waals surface area (Å²) in [6, 6.07) is 0.0538. The molecule has 0 aromatic carbocycles. The van der Waals surface area contributed by atoms with E-state index in [-0.39, 0.29) is 17.9 Å². The number of hydrogen-bond acceptors (Lipinski definition) is 7. The molecular weight excluding hydrogens is 384 g/mol. The number of carbonyl (C=O) groups is 1. The van der Waals surface area contributed by atoms with E-state index in [1.54, 1.807) is 11.8 Å². The summed E-state index contributed by atoms with van der Waals surface area (Å²) in [6.45, 7) is 4.15. The van der Waals surface area contributed by atoms with E-state index in [0.717, 1.165) is 32.8 Å². The Bertz CT molecular complexity index is 603. The fourth-order valence-corrected chi connectivity index (χ4v) is 5.03. The Balaban J connectivity index is 1.66. The van der Waals surface area contributed by atoms with Crippen molar-refractivity contribution in [1.29, 1.82) is 0 Å². The summed E-state index contributed by atoms with van der Waals surface area (Å²) in [7, 11) is 0. The van der Waals surface area contributed by atoms with Gasteiger partial charge in [-0.05, 0) is 54.1 Å². The van der Waals surface area contributed by atoms with Gasteiger partial charge in [0.2, 0.25) is 0 Å². The van der Waals surface area contributed by atoms with E-state index in [1.165, 1.54) is 11.3 Å². The van der Waals surface area contributed by atoms with Crippen LogP contribution in [-0.2, 0) is 9.53 Å². The lowest BCUT2D eigenvalue weighted by molar-refractivity contribution is -0.155. The van der Waals surface area contributed by atoms with Crippen LogP contribution in [-0.4, -0.2) is 40.1 Å². The van der Waals surface area contributed by atoms with Crippen molar-refractivity contribution in [2.45, 2.75) is 51.7 Å². The van der Waals surface area contributed by atoms with Crippen molar-refractivity contribution in [3.63, 3.8) is 0 Å². The van der Waals surface area contributed by atoms with Crippen molar-refractivity contribution in [2.24, 2.45) is 5.92 Å². The van der Waals surface area contributed by atoms with E-state index in [0.29, 0.717) is 13.0 Å². The topological polar surface area (TPSA) is 82.0 Å². The summed E-state index contributed by atoms with van der Waals surface area (Å²) >= 11 is 4.95. The molecule has 23 heavy (non-hydrogen) atoms. The molecule has 8 heteroatoms. The maximum Gasteiger partial charge on any atom is 0.306 e. The first kappa shape index (κ1) is 17.2. The molecule has 2 unspecified atom stereocenters. The van der Waals surface area contributed by atoms with Gasteiger partial charge in [-0.3, -0.25) is 4.79 Å². The average Bonchev–Trinajstić information content (AvgIpc) is 2.71. The second kappa shape index (κ2) is 6.68. The number of aliphatic hydroxyl groups excluding tert-OH is 2. The Morgan fingerprint density at radius 2 is 2.17 bits per heavy atom. The molecule has 1 aliphatic carbocycles. The molecule has 2 aliphatic rings. The maximum atomic E-state index is 11.5. The van der Waals surface area contributed by atoms with Crippen LogP contribution in [0.2, 0.25) is 0 Å². The van der Waals surface area contributed by atoms with Gasteiger partial charge in [-0.25, -0.2) is 4.90 Å². The monoisotopic (exact) mass is 404 g/mol. The van der Waals surface area contributed by atoms with Crippen molar-refractivity contribution in [3.8, 4) is 0 Å². The van der Waals surface area contributed by atoms with Crippen LogP contribution in [0.15, 0.2) is 3.79 Å². The third kappa shape index (κ3) is 3.15. The minimum absolute atomic E-state index is 0.0538. The quantitative estimate of drug-likeness (QED) is 0.668. The number of esters is 1. The second-order valence-corrected chi connectivity index (χ2v) is 8.42. The average molecular weight is 405 g/mol. The zero-order valence-corrected chi connectivity index (χ0v) is 15.5. The molecular formula is C15H21BrN2O4S. The van der Waals surface area contributed by atoms with Gasteiger partial charge in [-0.2, -0.15) is 0 Å². The second-order valence-electron chi connectivity index (χ2n) is 6.08. The van der Waals surface area contributed by atoms with Crippen LogP contribution in [0.5, 0.6) is 0 Å². The SMILES string of the molecule is CCOC(=O)CC1CC(N2C(O)Nc3sc(Br)c(C)c3C2O)C1. The van der Waals surface area contributed by atoms with Crippen molar-refractivity contribution in [1.82, 2.24) is 4.90 Å². The lowest BCUT2D eigenvalue weighted by Crippen LogP contribution is -2.56. The number of fused-ring (bicyclic) bond motifs is 1. The van der Waals surface area contributed by atoms with E-state index >= 15 is 0 Å². The number of carbonyl (C=O) groups excluding carboxylic acids is 1. The molecule has 6 nitrogen and oxygen atoms in total. The predicted octanol–water partition coefficient (Wildman–Crippen LogP) is 2.55. The van der Waals surface area contributed by atoms with E-state index in [1.807, 2.05) is 6.92 Å². The van der Waals surface area contributed by atoms with E-state index in [9.17, 15) is 15.0 Å². The molecule has 1 aromatic heterocycles. The molecule has 0 spiro atoms. The lowest BCUT2D eigenvalue weighted by Gasteiger charge is -2.48. The first-order chi connectivity index (χ1) is 10.9. The molecule has 0 amide bonds. The number of halogens is 1. The molecule has 1 aromatic rings. The van der Waals surface area contributed by atoms with Crippen LogP contribution in [0.3, 0.4) is 0 Å². The molecule has 0 radical (unpaired) electrons. The summed E-state index contributed by atoms with van der Waals surface area (Å²) in [5.74, 6) is 0.0869. The van der Waals surface area contributed by atoms with Crippen molar-refractivity contribution < 1.29 is 19.7 Å². The standard InChI is InChI=1S/C15H21BrN2O4S/c1-3-22-10(19)6-8-4-9(5-8)18-14(20)11-7(2)12(16)23-13(11)17-15(18)21/h8-9,14-15,17,20-21H,3-6H2,1-2H3. The zero-order valence-electron chi connectivity index (χ0n) is 13.1. The summed E-state index contributed by atoms with van der Waals surface area (Å²) < 4.78 is 5.92. The molecule has 1 saturated carbocycles. The zero-order chi connectivity index (χ0) is 16.7. The summed E-state index contributed by atoms with van der Waals surface area (Å²) in [6.07, 6.45) is 0.197. The molecule has 0 bridgehead atoms. The maximum absolute atomic E-state index is 11.5. The molecule has 1 fully saturated rings. The first-order valence-corrected chi connectivity index (χ1v) is 9.37. The third-order valence-corrected chi connectivity index (χ3v) is 6.72. The third-order valence-electron chi connectivity index (χ3n) is 4.61. The van der Waals surface area contributed by atoms with Crippen molar-refractivity contribution in [2.75, 3.05) is 11.9 Å². The van der Waals surface area contributed by atoms with Gasteiger partial charge in [0.1, 0.15) is 6.23 Å². The van der Waals surface area contributed by atoms with Crippen LogP contribution in [0.1, 0.15) is 43.5 Å². The number of anilines is 1. The van der Waals surface area contributed by atoms with Crippen LogP contribution in [0.4, 0.5) is 5.00 Å². The highest BCUT2D eigenvalue weighted by Crippen LogP contribution is 2.47. The van der Waals surface area contributed by atoms with Gasteiger partial charge in [0.15, 0.2) is 6.35 Å². The number of rotatable bonds is 4. The van der Waals surface area contributed by atoms with Gasteiger partial charge in [-0.1, -0.05) is 0 Å². The Kier molecular flexibility index (Phi) is 4.98. The van der Waals surface area contributed by atoms with Crippen molar-refractivity contribution >= 4 is 38.2 Å². The van der Waals surface area contributed by atoms with Gasteiger partial charge >= 0.3 is 5.97 Å². The fourth-order valence-electron chi connectivity index (χ4n) is 3.36. The van der Waals surface area contributed by atoms with Gasteiger partial charge in [0.25, 0.3) is 0 Å². The molecule has 2 atom stereocenters. The Morgan fingerprint density at radius 1 is 1.48 bits per heavy atom. The number of aliphatic hydroxyl groups is 2. The van der Waals surface area contributed by atoms with Gasteiger partial charge in [-0.15, -0.1) is 11.3 Å². The molecule has 128 valence electrons. The van der Waals surface area contributed by atoms with Gasteiger partial charge in [0, 0.05) is 18.0 Å². The Hall–Kier alpha value is -0.670. The number of nitrogens with one attached hydrogen (secondary N) is 1. The number of thiophene rings is 1. The van der Waals surface area contributed by atoms with Crippen LogP contribution >= 0.6 is 27.3 Å². The highest BCUT2D eigenvalue weighted by atomic mass is 79.9.